The van der Waals surface area contributed by atoms with E-state index in [1.165, 1.54) is 12.5 Å². The number of carbonyl (C=O) groups excluding carboxylic acids is 2. The highest BCUT2D eigenvalue weighted by Crippen LogP contribution is 2.72. The molecule has 0 aromatic heterocycles. The lowest BCUT2D eigenvalue weighted by molar-refractivity contribution is -0.174. The molecule has 0 amide bonds. The summed E-state index contributed by atoms with van der Waals surface area (Å²) in [6.07, 6.45) is 2.56. The molecule has 3 saturated carbocycles. The quantitative estimate of drug-likeness (QED) is 0.593. The first-order valence-electron chi connectivity index (χ1n) is 7.92. The van der Waals surface area contributed by atoms with Gasteiger partial charge in [0.05, 0.1) is 12.5 Å². The van der Waals surface area contributed by atoms with Crippen LogP contribution in [0.25, 0.3) is 0 Å². The van der Waals surface area contributed by atoms with Gasteiger partial charge in [-0.05, 0) is 43.9 Å². The largest absolute Gasteiger partial charge is 0.466 e. The fourth-order valence-electron chi connectivity index (χ4n) is 5.33. The molecule has 116 valence electrons. The van der Waals surface area contributed by atoms with Crippen molar-refractivity contribution in [3.63, 3.8) is 0 Å². The second kappa shape index (κ2) is 4.85. The van der Waals surface area contributed by atoms with Crippen LogP contribution in [0.2, 0.25) is 0 Å². The highest BCUT2D eigenvalue weighted by molar-refractivity contribution is 5.75. The minimum absolute atomic E-state index is 0.0901. The Hall–Kier alpha value is -1.32. The van der Waals surface area contributed by atoms with Gasteiger partial charge in [-0.15, -0.1) is 0 Å². The summed E-state index contributed by atoms with van der Waals surface area (Å²) in [4.78, 5) is 23.7. The van der Waals surface area contributed by atoms with Gasteiger partial charge in [0.1, 0.15) is 6.10 Å². The maximum atomic E-state index is 12.3. The summed E-state index contributed by atoms with van der Waals surface area (Å²) in [5.41, 5.74) is 1.17. The second-order valence-corrected chi connectivity index (χ2v) is 6.91. The molecule has 3 rings (SSSR count). The highest BCUT2D eigenvalue weighted by Gasteiger charge is 2.72. The Morgan fingerprint density at radius 1 is 1.43 bits per heavy atom. The van der Waals surface area contributed by atoms with Gasteiger partial charge >= 0.3 is 11.9 Å². The van der Waals surface area contributed by atoms with Crippen LogP contribution in [-0.2, 0) is 19.1 Å². The molecule has 0 saturated heterocycles. The van der Waals surface area contributed by atoms with Gasteiger partial charge in [-0.3, -0.25) is 9.59 Å². The van der Waals surface area contributed by atoms with E-state index in [0.29, 0.717) is 24.9 Å². The summed E-state index contributed by atoms with van der Waals surface area (Å²) in [5, 5.41) is 0. The summed E-state index contributed by atoms with van der Waals surface area (Å²) in [7, 11) is 0. The van der Waals surface area contributed by atoms with E-state index in [0.717, 1.165) is 12.8 Å². The first-order chi connectivity index (χ1) is 9.91. The van der Waals surface area contributed by atoms with E-state index in [4.69, 9.17) is 9.47 Å². The van der Waals surface area contributed by atoms with E-state index in [1.807, 2.05) is 6.92 Å². The van der Waals surface area contributed by atoms with Gasteiger partial charge in [-0.25, -0.2) is 0 Å². The van der Waals surface area contributed by atoms with Crippen molar-refractivity contribution in [3.8, 4) is 0 Å². The van der Waals surface area contributed by atoms with Crippen molar-refractivity contribution in [2.45, 2.75) is 46.1 Å². The number of ether oxygens (including phenoxy) is 2. The van der Waals surface area contributed by atoms with Crippen LogP contribution in [0.5, 0.6) is 0 Å². The Balaban J connectivity index is 1.90. The van der Waals surface area contributed by atoms with Gasteiger partial charge in [0.25, 0.3) is 0 Å². The van der Waals surface area contributed by atoms with Crippen LogP contribution in [0.1, 0.15) is 40.0 Å². The molecule has 0 N–H and O–H groups in total. The number of esters is 2. The monoisotopic (exact) mass is 292 g/mol. The molecule has 6 atom stereocenters. The summed E-state index contributed by atoms with van der Waals surface area (Å²) < 4.78 is 10.8. The van der Waals surface area contributed by atoms with Crippen molar-refractivity contribution < 1.29 is 19.1 Å². The van der Waals surface area contributed by atoms with E-state index in [1.54, 1.807) is 0 Å². The van der Waals surface area contributed by atoms with Crippen LogP contribution in [0.3, 0.4) is 0 Å². The number of hydrogen-bond donors (Lipinski definition) is 0. The molecule has 0 aromatic carbocycles. The Labute approximate surface area is 125 Å². The zero-order chi connectivity index (χ0) is 15.4. The topological polar surface area (TPSA) is 52.6 Å². The number of allylic oxidation sites excluding steroid dienone is 1. The minimum Gasteiger partial charge on any atom is -0.466 e. The van der Waals surface area contributed by atoms with Gasteiger partial charge in [0, 0.05) is 12.3 Å². The molecule has 0 radical (unpaired) electrons. The van der Waals surface area contributed by atoms with Crippen LogP contribution in [-0.4, -0.2) is 24.6 Å². The Morgan fingerprint density at radius 2 is 2.14 bits per heavy atom. The third-order valence-electron chi connectivity index (χ3n) is 6.08. The minimum atomic E-state index is -0.259. The summed E-state index contributed by atoms with van der Waals surface area (Å²) in [5.74, 6) is 0.575. The molecule has 3 aliphatic rings. The molecule has 0 bridgehead atoms. The van der Waals surface area contributed by atoms with Crippen LogP contribution >= 0.6 is 0 Å². The Kier molecular flexibility index (Phi) is 3.38. The molecule has 4 heteroatoms. The zero-order valence-corrected chi connectivity index (χ0v) is 13.1. The smallest absolute Gasteiger partial charge is 0.309 e. The van der Waals surface area contributed by atoms with Gasteiger partial charge in [0.2, 0.25) is 0 Å². The summed E-state index contributed by atoms with van der Waals surface area (Å²) in [6.45, 7) is 10.0. The molecular formula is C17H24O4. The standard InChI is InChI=1S/C17H24O4/c1-5-20-16(19)11-8-13(21-10(3)18)17(4)12-7-6-9(2)14(12)15(11)17/h11-15H,2,5-8H2,1,3-4H3/t11-,12+,13-,14-,15+,17+/m1/s1. The third-order valence-corrected chi connectivity index (χ3v) is 6.08. The fourth-order valence-corrected chi connectivity index (χ4v) is 5.33. The molecule has 3 fully saturated rings. The molecule has 3 aliphatic carbocycles. The lowest BCUT2D eigenvalue weighted by atomic mass is 9.47. The molecule has 4 nitrogen and oxygen atoms in total. The highest BCUT2D eigenvalue weighted by atomic mass is 16.5. The van der Waals surface area contributed by atoms with Crippen molar-refractivity contribution in [2.75, 3.05) is 6.61 Å². The van der Waals surface area contributed by atoms with Crippen LogP contribution < -0.4 is 0 Å². The van der Waals surface area contributed by atoms with Crippen molar-refractivity contribution >= 4 is 11.9 Å². The predicted octanol–water partition coefficient (Wildman–Crippen LogP) is 2.72. The molecule has 21 heavy (non-hydrogen) atoms. The van der Waals surface area contributed by atoms with Crippen molar-refractivity contribution in [1.82, 2.24) is 0 Å². The Morgan fingerprint density at radius 3 is 2.76 bits per heavy atom. The molecular weight excluding hydrogens is 268 g/mol. The second-order valence-electron chi connectivity index (χ2n) is 6.91. The van der Waals surface area contributed by atoms with Gasteiger partial charge in [-0.1, -0.05) is 19.1 Å². The predicted molar refractivity (Wildman–Crippen MR) is 77.2 cm³/mol. The zero-order valence-electron chi connectivity index (χ0n) is 13.1. The number of carbonyl (C=O) groups is 2. The number of fused-ring (bicyclic) bond motifs is 4. The van der Waals surface area contributed by atoms with Crippen molar-refractivity contribution in [2.24, 2.45) is 29.1 Å². The SMILES string of the molecule is C=C1CC[C@H]2[C@@H]1[C@@H]1[C@H](C(=O)OCC)C[C@@H](OC(C)=O)[C@@]12C. The van der Waals surface area contributed by atoms with Gasteiger partial charge < -0.3 is 9.47 Å². The maximum absolute atomic E-state index is 12.3. The van der Waals surface area contributed by atoms with Gasteiger partial charge in [0.15, 0.2) is 0 Å². The molecule has 0 unspecified atom stereocenters. The maximum Gasteiger partial charge on any atom is 0.309 e. The lowest BCUT2D eigenvalue weighted by Gasteiger charge is -2.57. The lowest BCUT2D eigenvalue weighted by Crippen LogP contribution is -2.57. The van der Waals surface area contributed by atoms with E-state index in [2.05, 4.69) is 13.5 Å². The molecule has 0 aliphatic heterocycles. The van der Waals surface area contributed by atoms with Crippen molar-refractivity contribution in [1.29, 1.82) is 0 Å². The first kappa shape index (κ1) is 14.6. The average molecular weight is 292 g/mol. The normalized spacial score (nSPS) is 43.8. The van der Waals surface area contributed by atoms with Crippen LogP contribution in [0.15, 0.2) is 12.2 Å². The fraction of sp³-hybridized carbons (Fsp3) is 0.765. The number of rotatable bonds is 3. The molecule has 0 aromatic rings. The molecule has 0 spiro atoms. The average Bonchev–Trinajstić information content (AvgIpc) is 2.84. The van der Waals surface area contributed by atoms with Crippen LogP contribution in [0, 0.1) is 29.1 Å². The van der Waals surface area contributed by atoms with Crippen LogP contribution in [0.4, 0.5) is 0 Å². The van der Waals surface area contributed by atoms with E-state index in [-0.39, 0.29) is 35.3 Å². The van der Waals surface area contributed by atoms with Gasteiger partial charge in [-0.2, -0.15) is 0 Å². The molecule has 0 heterocycles. The Bertz CT molecular complexity index is 497. The van der Waals surface area contributed by atoms with Crippen molar-refractivity contribution in [3.05, 3.63) is 12.2 Å². The van der Waals surface area contributed by atoms with E-state index >= 15 is 0 Å². The third kappa shape index (κ3) is 1.87. The van der Waals surface area contributed by atoms with E-state index < -0.39 is 0 Å². The summed E-state index contributed by atoms with van der Waals surface area (Å²) in [6, 6.07) is 0. The summed E-state index contributed by atoms with van der Waals surface area (Å²) >= 11 is 0. The first-order valence-corrected chi connectivity index (χ1v) is 7.92. The number of hydrogen-bond acceptors (Lipinski definition) is 4. The van der Waals surface area contributed by atoms with E-state index in [9.17, 15) is 9.59 Å².